The zero-order chi connectivity index (χ0) is 11.8. The van der Waals surface area contributed by atoms with E-state index in [1.54, 1.807) is 11.8 Å². The molecule has 0 spiro atoms. The van der Waals surface area contributed by atoms with E-state index in [4.69, 9.17) is 0 Å². The first kappa shape index (κ1) is 11.2. The minimum Gasteiger partial charge on any atom is -0.296 e. The molecule has 4 heteroatoms. The molecule has 0 aliphatic rings. The molecular formula is C12H14N2OS. The fourth-order valence-electron chi connectivity index (χ4n) is 1.47. The molecule has 0 atom stereocenters. The number of imidazole rings is 1. The van der Waals surface area contributed by atoms with Gasteiger partial charge in [0.25, 0.3) is 0 Å². The lowest BCUT2D eigenvalue weighted by molar-refractivity contribution is 0.111. The summed E-state index contributed by atoms with van der Waals surface area (Å²) in [4.78, 5) is 15.6. The number of carbonyl (C=O) groups excluding carboxylic acids is 1. The van der Waals surface area contributed by atoms with Gasteiger partial charge in [0.15, 0.2) is 6.29 Å². The van der Waals surface area contributed by atoms with Crippen LogP contribution in [-0.4, -0.2) is 20.4 Å². The van der Waals surface area contributed by atoms with Crippen molar-refractivity contribution in [2.24, 2.45) is 0 Å². The highest BCUT2D eigenvalue weighted by atomic mass is 32.2. The Balaban J connectivity index is 2.57. The van der Waals surface area contributed by atoms with Crippen molar-refractivity contribution in [3.8, 4) is 0 Å². The summed E-state index contributed by atoms with van der Waals surface area (Å²) in [6, 6.07) is 5.72. The van der Waals surface area contributed by atoms with Gasteiger partial charge in [0.2, 0.25) is 0 Å². The van der Waals surface area contributed by atoms with Gasteiger partial charge in [-0.25, -0.2) is 4.98 Å². The maximum absolute atomic E-state index is 11.1. The molecule has 0 radical (unpaired) electrons. The van der Waals surface area contributed by atoms with Crippen LogP contribution in [0.25, 0.3) is 5.65 Å². The first-order valence-electron chi connectivity index (χ1n) is 5.12. The lowest BCUT2D eigenvalue weighted by Gasteiger charge is -2.15. The molecule has 84 valence electrons. The number of aromatic nitrogens is 2. The number of aldehydes is 1. The summed E-state index contributed by atoms with van der Waals surface area (Å²) in [5.74, 6) is 0. The normalized spacial score (nSPS) is 11.9. The largest absolute Gasteiger partial charge is 0.296 e. The van der Waals surface area contributed by atoms with Gasteiger partial charge in [-0.2, -0.15) is 0 Å². The third-order valence-electron chi connectivity index (χ3n) is 2.05. The van der Waals surface area contributed by atoms with Crippen LogP contribution < -0.4 is 0 Å². The van der Waals surface area contributed by atoms with Crippen LogP contribution in [0.5, 0.6) is 0 Å². The van der Waals surface area contributed by atoms with E-state index in [1.807, 2.05) is 28.8 Å². The first-order chi connectivity index (χ1) is 7.51. The molecule has 3 nitrogen and oxygen atoms in total. The van der Waals surface area contributed by atoms with E-state index >= 15 is 0 Å². The molecule has 0 aliphatic heterocycles. The van der Waals surface area contributed by atoms with Crippen molar-refractivity contribution in [3.63, 3.8) is 0 Å². The van der Waals surface area contributed by atoms with Crippen molar-refractivity contribution < 1.29 is 4.79 Å². The number of pyridine rings is 1. The second kappa shape index (κ2) is 3.94. The van der Waals surface area contributed by atoms with E-state index in [2.05, 4.69) is 25.8 Å². The first-order valence-corrected chi connectivity index (χ1v) is 5.94. The lowest BCUT2D eigenvalue weighted by atomic mass is 10.3. The van der Waals surface area contributed by atoms with Crippen LogP contribution in [0, 0.1) is 0 Å². The highest BCUT2D eigenvalue weighted by molar-refractivity contribution is 8.00. The molecule has 0 N–H and O–H groups in total. The van der Waals surface area contributed by atoms with E-state index in [-0.39, 0.29) is 4.75 Å². The van der Waals surface area contributed by atoms with Gasteiger partial charge < -0.3 is 0 Å². The summed E-state index contributed by atoms with van der Waals surface area (Å²) in [6.07, 6.45) is 2.73. The standard InChI is InChI=1S/C12H14N2OS/c1-12(2,3)16-11-9(8-15)14-7-5-4-6-10(14)13-11/h4-8H,1-3H3. The van der Waals surface area contributed by atoms with Gasteiger partial charge in [-0.15, -0.1) is 0 Å². The molecule has 16 heavy (non-hydrogen) atoms. The van der Waals surface area contributed by atoms with Crippen molar-refractivity contribution in [2.75, 3.05) is 0 Å². The summed E-state index contributed by atoms with van der Waals surface area (Å²) < 4.78 is 1.87. The Hall–Kier alpha value is -1.29. The highest BCUT2D eigenvalue weighted by Gasteiger charge is 2.19. The Morgan fingerprint density at radius 1 is 1.38 bits per heavy atom. The quantitative estimate of drug-likeness (QED) is 0.591. The van der Waals surface area contributed by atoms with E-state index in [0.717, 1.165) is 17.0 Å². The van der Waals surface area contributed by atoms with Crippen molar-refractivity contribution in [1.29, 1.82) is 0 Å². The summed E-state index contributed by atoms with van der Waals surface area (Å²) >= 11 is 1.61. The third-order valence-corrected chi connectivity index (χ3v) is 3.15. The number of thioether (sulfide) groups is 1. The molecule has 0 aliphatic carbocycles. The fraction of sp³-hybridized carbons (Fsp3) is 0.333. The Bertz CT molecular complexity index is 525. The molecule has 0 saturated heterocycles. The molecule has 2 rings (SSSR count). The zero-order valence-electron chi connectivity index (χ0n) is 9.60. The minimum atomic E-state index is 0.0513. The Morgan fingerprint density at radius 3 is 2.75 bits per heavy atom. The number of fused-ring (bicyclic) bond motifs is 1. The number of nitrogens with zero attached hydrogens (tertiary/aromatic N) is 2. The molecule has 2 heterocycles. The predicted octanol–water partition coefficient (Wildman–Crippen LogP) is 3.04. The number of rotatable bonds is 2. The van der Waals surface area contributed by atoms with Gasteiger partial charge in [0, 0.05) is 10.9 Å². The fourth-order valence-corrected chi connectivity index (χ4v) is 2.44. The highest BCUT2D eigenvalue weighted by Crippen LogP contribution is 2.33. The second-order valence-corrected chi connectivity index (χ2v) is 6.38. The molecule has 2 aromatic heterocycles. The molecule has 2 aromatic rings. The molecule has 0 fully saturated rings. The summed E-state index contributed by atoms with van der Waals surface area (Å²) in [5.41, 5.74) is 1.45. The summed E-state index contributed by atoms with van der Waals surface area (Å²) in [7, 11) is 0. The average Bonchev–Trinajstić information content (AvgIpc) is 2.51. The van der Waals surface area contributed by atoms with Crippen molar-refractivity contribution >= 4 is 23.7 Å². The Morgan fingerprint density at radius 2 is 2.12 bits per heavy atom. The van der Waals surface area contributed by atoms with Gasteiger partial charge >= 0.3 is 0 Å². The van der Waals surface area contributed by atoms with Crippen LogP contribution in [0.1, 0.15) is 31.3 Å². The Labute approximate surface area is 98.9 Å². The number of carbonyl (C=O) groups is 1. The minimum absolute atomic E-state index is 0.0513. The zero-order valence-corrected chi connectivity index (χ0v) is 10.4. The summed E-state index contributed by atoms with van der Waals surface area (Å²) in [5, 5.41) is 0.800. The van der Waals surface area contributed by atoms with Gasteiger partial charge in [-0.1, -0.05) is 38.6 Å². The Kier molecular flexibility index (Phi) is 2.76. The van der Waals surface area contributed by atoms with Gasteiger partial charge in [-0.3, -0.25) is 9.20 Å². The SMILES string of the molecule is CC(C)(C)Sc1nc2ccccn2c1C=O. The van der Waals surface area contributed by atoms with Crippen molar-refractivity contribution in [1.82, 2.24) is 9.38 Å². The molecule has 0 amide bonds. The van der Waals surface area contributed by atoms with Crippen LogP contribution in [0.3, 0.4) is 0 Å². The average molecular weight is 234 g/mol. The van der Waals surface area contributed by atoms with Gasteiger partial charge in [0.1, 0.15) is 16.4 Å². The molecule has 0 aromatic carbocycles. The predicted molar refractivity (Wildman–Crippen MR) is 66.2 cm³/mol. The third kappa shape index (κ3) is 2.11. The van der Waals surface area contributed by atoms with Crippen LogP contribution >= 0.6 is 11.8 Å². The molecule has 0 unspecified atom stereocenters. The molecule has 0 saturated carbocycles. The maximum atomic E-state index is 11.1. The van der Waals surface area contributed by atoms with E-state index in [9.17, 15) is 4.79 Å². The molecule has 0 bridgehead atoms. The maximum Gasteiger partial charge on any atom is 0.169 e. The van der Waals surface area contributed by atoms with Gasteiger partial charge in [0.05, 0.1) is 0 Å². The van der Waals surface area contributed by atoms with Gasteiger partial charge in [-0.05, 0) is 12.1 Å². The molecular weight excluding hydrogens is 220 g/mol. The number of hydrogen-bond donors (Lipinski definition) is 0. The van der Waals surface area contributed by atoms with E-state index < -0.39 is 0 Å². The van der Waals surface area contributed by atoms with Crippen LogP contribution in [0.4, 0.5) is 0 Å². The topological polar surface area (TPSA) is 34.4 Å². The van der Waals surface area contributed by atoms with E-state index in [0.29, 0.717) is 5.69 Å². The van der Waals surface area contributed by atoms with Crippen LogP contribution in [0.15, 0.2) is 29.4 Å². The van der Waals surface area contributed by atoms with Crippen molar-refractivity contribution in [2.45, 2.75) is 30.5 Å². The monoisotopic (exact) mass is 234 g/mol. The second-order valence-electron chi connectivity index (χ2n) is 4.56. The van der Waals surface area contributed by atoms with Crippen LogP contribution in [-0.2, 0) is 0 Å². The smallest absolute Gasteiger partial charge is 0.169 e. The van der Waals surface area contributed by atoms with Crippen LogP contribution in [0.2, 0.25) is 0 Å². The van der Waals surface area contributed by atoms with Crippen molar-refractivity contribution in [3.05, 3.63) is 30.1 Å². The number of hydrogen-bond acceptors (Lipinski definition) is 3. The van der Waals surface area contributed by atoms with E-state index in [1.165, 1.54) is 0 Å². The lowest BCUT2D eigenvalue weighted by Crippen LogP contribution is -2.07. The summed E-state index contributed by atoms with van der Waals surface area (Å²) in [6.45, 7) is 6.32.